The molecular weight excluding hydrogens is 366 g/mol. The Balaban J connectivity index is 1.81. The van der Waals surface area contributed by atoms with Gasteiger partial charge in [-0.3, -0.25) is 9.89 Å². The van der Waals surface area contributed by atoms with Crippen molar-refractivity contribution in [2.45, 2.75) is 45.6 Å². The van der Waals surface area contributed by atoms with Crippen LogP contribution in [0.15, 0.2) is 42.7 Å². The van der Waals surface area contributed by atoms with Crippen LogP contribution in [0.4, 0.5) is 0 Å². The fourth-order valence-electron chi connectivity index (χ4n) is 3.25. The molecule has 2 atom stereocenters. The standard InChI is InChI=1S/C23H25N3O3/c1-4-5-17(12-22(27)28)16-6-8-20(9-7-16)29-21(10-15(2)3)18-11-19-14-25-26-23(19)24-13-18/h6-9,11,13-15,17,21H,10,12H2,1-3H3,(H,27,28)(H,24,25,26). The third kappa shape index (κ3) is 5.35. The number of rotatable bonds is 8. The van der Waals surface area contributed by atoms with Gasteiger partial charge in [-0.1, -0.05) is 31.9 Å². The van der Waals surface area contributed by atoms with Crippen LogP contribution in [0.1, 0.15) is 56.8 Å². The van der Waals surface area contributed by atoms with Gasteiger partial charge in [0.15, 0.2) is 5.65 Å². The van der Waals surface area contributed by atoms with Gasteiger partial charge in [0.25, 0.3) is 0 Å². The Hall–Kier alpha value is -3.33. The van der Waals surface area contributed by atoms with Crippen molar-refractivity contribution in [2.24, 2.45) is 5.92 Å². The van der Waals surface area contributed by atoms with E-state index in [1.54, 1.807) is 13.1 Å². The van der Waals surface area contributed by atoms with Gasteiger partial charge in [-0.25, -0.2) is 4.98 Å². The second kappa shape index (κ2) is 9.24. The largest absolute Gasteiger partial charge is 0.486 e. The first-order chi connectivity index (χ1) is 14.0. The molecule has 29 heavy (non-hydrogen) atoms. The third-order valence-corrected chi connectivity index (χ3v) is 4.63. The van der Waals surface area contributed by atoms with Crippen LogP contribution in [-0.2, 0) is 4.79 Å². The fraction of sp³-hybridized carbons (Fsp3) is 0.348. The molecule has 150 valence electrons. The number of carboxylic acid groups (broad SMARTS) is 1. The highest BCUT2D eigenvalue weighted by Gasteiger charge is 2.18. The van der Waals surface area contributed by atoms with E-state index in [0.717, 1.165) is 34.3 Å². The number of hydrogen-bond acceptors (Lipinski definition) is 4. The van der Waals surface area contributed by atoms with Crippen molar-refractivity contribution in [3.8, 4) is 17.6 Å². The van der Waals surface area contributed by atoms with Crippen molar-refractivity contribution in [3.63, 3.8) is 0 Å². The summed E-state index contributed by atoms with van der Waals surface area (Å²) in [4.78, 5) is 15.5. The van der Waals surface area contributed by atoms with Crippen molar-refractivity contribution >= 4 is 17.0 Å². The number of carbonyl (C=O) groups is 1. The monoisotopic (exact) mass is 391 g/mol. The van der Waals surface area contributed by atoms with Crippen LogP contribution >= 0.6 is 0 Å². The highest BCUT2D eigenvalue weighted by atomic mass is 16.5. The highest BCUT2D eigenvalue weighted by Crippen LogP contribution is 2.30. The number of aromatic nitrogens is 3. The Morgan fingerprint density at radius 3 is 2.62 bits per heavy atom. The summed E-state index contributed by atoms with van der Waals surface area (Å²) in [6, 6.07) is 9.57. The van der Waals surface area contributed by atoms with E-state index >= 15 is 0 Å². The second-order valence-corrected chi connectivity index (χ2v) is 7.43. The van der Waals surface area contributed by atoms with Gasteiger partial charge in [0.05, 0.1) is 18.5 Å². The minimum absolute atomic E-state index is 0.0204. The maximum atomic E-state index is 11.1. The van der Waals surface area contributed by atoms with Gasteiger partial charge in [0, 0.05) is 17.1 Å². The minimum atomic E-state index is -0.864. The lowest BCUT2D eigenvalue weighted by molar-refractivity contribution is -0.137. The first kappa shape index (κ1) is 20.4. The van der Waals surface area contributed by atoms with Crippen LogP contribution in [0.5, 0.6) is 5.75 Å². The molecule has 0 aliphatic rings. The van der Waals surface area contributed by atoms with Crippen molar-refractivity contribution in [2.75, 3.05) is 0 Å². The predicted molar refractivity (Wildman–Crippen MR) is 112 cm³/mol. The van der Waals surface area contributed by atoms with Crippen LogP contribution in [0.3, 0.4) is 0 Å². The van der Waals surface area contributed by atoms with Crippen molar-refractivity contribution in [3.05, 3.63) is 53.9 Å². The number of nitrogens with zero attached hydrogens (tertiary/aromatic N) is 2. The second-order valence-electron chi connectivity index (χ2n) is 7.43. The summed E-state index contributed by atoms with van der Waals surface area (Å²) >= 11 is 0. The zero-order chi connectivity index (χ0) is 20.8. The van der Waals surface area contributed by atoms with Crippen LogP contribution in [0.2, 0.25) is 0 Å². The van der Waals surface area contributed by atoms with Gasteiger partial charge in [0.2, 0.25) is 0 Å². The number of fused-ring (bicyclic) bond motifs is 1. The van der Waals surface area contributed by atoms with Crippen molar-refractivity contribution < 1.29 is 14.6 Å². The van der Waals surface area contributed by atoms with E-state index < -0.39 is 5.97 Å². The Kier molecular flexibility index (Phi) is 6.50. The summed E-state index contributed by atoms with van der Waals surface area (Å²) in [5.74, 6) is 5.76. The molecule has 0 aliphatic carbocycles. The number of carboxylic acids is 1. The highest BCUT2D eigenvalue weighted by molar-refractivity contribution is 5.74. The average molecular weight is 391 g/mol. The van der Waals surface area contributed by atoms with E-state index in [2.05, 4.69) is 40.9 Å². The molecule has 0 spiro atoms. The molecule has 0 aliphatic heterocycles. The maximum Gasteiger partial charge on any atom is 0.304 e. The fourth-order valence-corrected chi connectivity index (χ4v) is 3.25. The number of aliphatic carboxylic acids is 1. The van der Waals surface area contributed by atoms with Crippen LogP contribution in [0, 0.1) is 17.8 Å². The molecular formula is C23H25N3O3. The van der Waals surface area contributed by atoms with Gasteiger partial charge in [-0.15, -0.1) is 5.92 Å². The maximum absolute atomic E-state index is 11.1. The number of ether oxygens (including phenoxy) is 1. The average Bonchev–Trinajstić information content (AvgIpc) is 3.15. The molecule has 0 bridgehead atoms. The summed E-state index contributed by atoms with van der Waals surface area (Å²) in [6.07, 6.45) is 4.26. The number of benzene rings is 1. The summed E-state index contributed by atoms with van der Waals surface area (Å²) in [5.41, 5.74) is 2.62. The zero-order valence-electron chi connectivity index (χ0n) is 16.8. The van der Waals surface area contributed by atoms with Crippen LogP contribution in [0.25, 0.3) is 11.0 Å². The lowest BCUT2D eigenvalue weighted by atomic mass is 9.96. The molecule has 0 saturated heterocycles. The zero-order valence-corrected chi connectivity index (χ0v) is 16.8. The topological polar surface area (TPSA) is 88.1 Å². The molecule has 0 radical (unpaired) electrons. The molecule has 0 amide bonds. The Labute approximate surface area is 170 Å². The molecule has 2 aromatic heterocycles. The summed E-state index contributed by atoms with van der Waals surface area (Å²) < 4.78 is 6.29. The normalized spacial score (nSPS) is 13.0. The Bertz CT molecular complexity index is 1030. The van der Waals surface area contributed by atoms with Gasteiger partial charge in [-0.05, 0) is 43.0 Å². The molecule has 3 aromatic rings. The van der Waals surface area contributed by atoms with E-state index in [4.69, 9.17) is 9.84 Å². The molecule has 6 nitrogen and oxygen atoms in total. The van der Waals surface area contributed by atoms with E-state index in [9.17, 15) is 4.79 Å². The van der Waals surface area contributed by atoms with Crippen molar-refractivity contribution in [1.29, 1.82) is 0 Å². The minimum Gasteiger partial charge on any atom is -0.486 e. The molecule has 2 unspecified atom stereocenters. The van der Waals surface area contributed by atoms with Gasteiger partial charge >= 0.3 is 5.97 Å². The SMILES string of the molecule is CC#CC(CC(=O)O)c1ccc(OC(CC(C)C)c2cnc3[nH]ncc3c2)cc1. The Morgan fingerprint density at radius 2 is 1.97 bits per heavy atom. The number of nitrogens with one attached hydrogen (secondary N) is 1. The molecule has 3 rings (SSSR count). The quantitative estimate of drug-likeness (QED) is 0.543. The first-order valence-electron chi connectivity index (χ1n) is 9.66. The predicted octanol–water partition coefficient (Wildman–Crippen LogP) is 4.71. The van der Waals surface area contributed by atoms with E-state index in [1.165, 1.54) is 0 Å². The lowest BCUT2D eigenvalue weighted by Gasteiger charge is -2.21. The first-order valence-corrected chi connectivity index (χ1v) is 9.66. The molecule has 0 fully saturated rings. The lowest BCUT2D eigenvalue weighted by Crippen LogP contribution is -2.11. The van der Waals surface area contributed by atoms with Gasteiger partial charge in [-0.2, -0.15) is 5.10 Å². The van der Waals surface area contributed by atoms with Crippen LogP contribution in [-0.4, -0.2) is 26.3 Å². The summed E-state index contributed by atoms with van der Waals surface area (Å²) in [7, 11) is 0. The number of aromatic amines is 1. The molecule has 2 heterocycles. The molecule has 1 aromatic carbocycles. The smallest absolute Gasteiger partial charge is 0.304 e. The number of hydrogen-bond donors (Lipinski definition) is 2. The van der Waals surface area contributed by atoms with Crippen LogP contribution < -0.4 is 4.74 Å². The van der Waals surface area contributed by atoms with E-state index in [-0.39, 0.29) is 18.4 Å². The third-order valence-electron chi connectivity index (χ3n) is 4.63. The number of pyridine rings is 1. The van der Waals surface area contributed by atoms with E-state index in [1.807, 2.05) is 36.5 Å². The molecule has 2 N–H and O–H groups in total. The van der Waals surface area contributed by atoms with E-state index in [0.29, 0.717) is 5.92 Å². The number of H-pyrrole nitrogens is 1. The summed E-state index contributed by atoms with van der Waals surface area (Å²) in [6.45, 7) is 6.03. The molecule has 6 heteroatoms. The molecule has 0 saturated carbocycles. The Morgan fingerprint density at radius 1 is 1.21 bits per heavy atom. The van der Waals surface area contributed by atoms with Gasteiger partial charge in [0.1, 0.15) is 11.9 Å². The summed E-state index contributed by atoms with van der Waals surface area (Å²) in [5, 5.41) is 16.9. The van der Waals surface area contributed by atoms with Gasteiger partial charge < -0.3 is 9.84 Å². The van der Waals surface area contributed by atoms with Crippen molar-refractivity contribution in [1.82, 2.24) is 15.2 Å².